The van der Waals surface area contributed by atoms with Gasteiger partial charge in [0.25, 0.3) is 0 Å². The molecule has 1 N–H and O–H groups in total. The van der Waals surface area contributed by atoms with Gasteiger partial charge in [-0.1, -0.05) is 0 Å². The van der Waals surface area contributed by atoms with Gasteiger partial charge in [-0.15, -0.1) is 0 Å². The molecule has 0 saturated carbocycles. The second kappa shape index (κ2) is 5.54. The SMILES string of the molecule is CNC(Cc1cc(F)ccc1F)C(C)(C)S(C)(=O)=O. The largest absolute Gasteiger partial charge is 0.315 e. The maximum Gasteiger partial charge on any atom is 0.154 e. The molecule has 0 aromatic heterocycles. The van der Waals surface area contributed by atoms with Crippen molar-refractivity contribution >= 4 is 9.84 Å². The zero-order chi connectivity index (χ0) is 14.8. The minimum Gasteiger partial charge on any atom is -0.315 e. The van der Waals surface area contributed by atoms with Gasteiger partial charge in [0.05, 0.1) is 4.75 Å². The Morgan fingerprint density at radius 3 is 2.37 bits per heavy atom. The highest BCUT2D eigenvalue weighted by molar-refractivity contribution is 7.92. The Bertz CT molecular complexity index is 556. The molecule has 108 valence electrons. The van der Waals surface area contributed by atoms with Crippen LogP contribution in [0, 0.1) is 11.6 Å². The standard InChI is InChI=1S/C13H19F2NO2S/c1-13(2,19(4,17)18)12(16-3)8-9-7-10(14)5-6-11(9)15/h5-7,12,16H,8H2,1-4H3. The van der Waals surface area contributed by atoms with Crippen molar-refractivity contribution in [2.45, 2.75) is 31.1 Å². The highest BCUT2D eigenvalue weighted by atomic mass is 32.2. The van der Waals surface area contributed by atoms with Crippen LogP contribution >= 0.6 is 0 Å². The maximum atomic E-state index is 13.6. The molecule has 0 saturated heterocycles. The van der Waals surface area contributed by atoms with Crippen molar-refractivity contribution in [3.63, 3.8) is 0 Å². The van der Waals surface area contributed by atoms with Crippen molar-refractivity contribution < 1.29 is 17.2 Å². The third kappa shape index (κ3) is 3.51. The van der Waals surface area contributed by atoms with Gasteiger partial charge in [-0.3, -0.25) is 0 Å². The molecule has 0 fully saturated rings. The van der Waals surface area contributed by atoms with Crippen LogP contribution in [-0.4, -0.2) is 32.5 Å². The van der Waals surface area contributed by atoms with E-state index in [1.54, 1.807) is 20.9 Å². The molecule has 0 heterocycles. The number of sulfone groups is 1. The molecule has 0 spiro atoms. The van der Waals surface area contributed by atoms with Gasteiger partial charge in [-0.2, -0.15) is 0 Å². The summed E-state index contributed by atoms with van der Waals surface area (Å²) in [5.74, 6) is -1.07. The fraction of sp³-hybridized carbons (Fsp3) is 0.538. The zero-order valence-corrected chi connectivity index (χ0v) is 12.3. The highest BCUT2D eigenvalue weighted by Gasteiger charge is 2.38. The average molecular weight is 291 g/mol. The smallest absolute Gasteiger partial charge is 0.154 e. The molecule has 1 aromatic rings. The van der Waals surface area contributed by atoms with Gasteiger partial charge in [0, 0.05) is 12.3 Å². The number of likely N-dealkylation sites (N-methyl/N-ethyl adjacent to an activating group) is 1. The number of nitrogens with one attached hydrogen (secondary N) is 1. The lowest BCUT2D eigenvalue weighted by Gasteiger charge is -2.32. The molecular formula is C13H19F2NO2S. The molecule has 0 aliphatic heterocycles. The van der Waals surface area contributed by atoms with E-state index >= 15 is 0 Å². The number of halogens is 2. The molecule has 0 radical (unpaired) electrons. The minimum atomic E-state index is -3.34. The van der Waals surface area contributed by atoms with Crippen molar-refractivity contribution in [3.05, 3.63) is 35.4 Å². The summed E-state index contributed by atoms with van der Waals surface area (Å²) in [5, 5.41) is 2.88. The Hall–Kier alpha value is -1.01. The van der Waals surface area contributed by atoms with E-state index in [0.29, 0.717) is 0 Å². The van der Waals surface area contributed by atoms with E-state index in [2.05, 4.69) is 5.32 Å². The maximum absolute atomic E-state index is 13.6. The summed E-state index contributed by atoms with van der Waals surface area (Å²) in [7, 11) is -1.73. The van der Waals surface area contributed by atoms with E-state index in [-0.39, 0.29) is 12.0 Å². The third-order valence-corrected chi connectivity index (χ3v) is 5.77. The fourth-order valence-electron chi connectivity index (χ4n) is 1.87. The average Bonchev–Trinajstić information content (AvgIpc) is 2.28. The van der Waals surface area contributed by atoms with Crippen LogP contribution in [0.5, 0.6) is 0 Å². The van der Waals surface area contributed by atoms with Crippen molar-refractivity contribution in [2.75, 3.05) is 13.3 Å². The molecule has 1 unspecified atom stereocenters. The van der Waals surface area contributed by atoms with Gasteiger partial charge in [0.1, 0.15) is 11.6 Å². The van der Waals surface area contributed by atoms with Crippen molar-refractivity contribution in [2.24, 2.45) is 0 Å². The Balaban J connectivity index is 3.10. The molecule has 19 heavy (non-hydrogen) atoms. The topological polar surface area (TPSA) is 46.2 Å². The van der Waals surface area contributed by atoms with E-state index in [1.165, 1.54) is 0 Å². The predicted octanol–water partition coefficient (Wildman–Crippen LogP) is 1.92. The van der Waals surface area contributed by atoms with E-state index in [1.807, 2.05) is 0 Å². The molecule has 0 aliphatic carbocycles. The first-order valence-corrected chi connectivity index (χ1v) is 7.79. The Morgan fingerprint density at radius 2 is 1.89 bits per heavy atom. The number of hydrogen-bond donors (Lipinski definition) is 1. The summed E-state index contributed by atoms with van der Waals surface area (Å²) in [4.78, 5) is 0. The molecule has 6 heteroatoms. The van der Waals surface area contributed by atoms with E-state index < -0.39 is 32.3 Å². The summed E-state index contributed by atoms with van der Waals surface area (Å²) in [6.45, 7) is 3.14. The van der Waals surface area contributed by atoms with Gasteiger partial charge in [0.15, 0.2) is 9.84 Å². The fourth-order valence-corrected chi connectivity index (χ4v) is 2.59. The quantitative estimate of drug-likeness (QED) is 0.901. The molecule has 1 rings (SSSR count). The lowest BCUT2D eigenvalue weighted by atomic mass is 9.95. The predicted molar refractivity (Wildman–Crippen MR) is 71.8 cm³/mol. The number of rotatable bonds is 5. The Labute approximate surface area is 112 Å². The molecule has 1 aromatic carbocycles. The first kappa shape index (κ1) is 16.0. The molecule has 3 nitrogen and oxygen atoms in total. The van der Waals surface area contributed by atoms with Gasteiger partial charge in [-0.05, 0) is 51.1 Å². The highest BCUT2D eigenvalue weighted by Crippen LogP contribution is 2.24. The molecule has 1 atom stereocenters. The van der Waals surface area contributed by atoms with Crippen LogP contribution in [0.4, 0.5) is 8.78 Å². The van der Waals surface area contributed by atoms with Crippen molar-refractivity contribution in [1.29, 1.82) is 0 Å². The lowest BCUT2D eigenvalue weighted by Crippen LogP contribution is -2.51. The number of benzene rings is 1. The van der Waals surface area contributed by atoms with E-state index in [4.69, 9.17) is 0 Å². The van der Waals surface area contributed by atoms with Gasteiger partial charge in [0.2, 0.25) is 0 Å². The summed E-state index contributed by atoms with van der Waals surface area (Å²) >= 11 is 0. The minimum absolute atomic E-state index is 0.0974. The monoisotopic (exact) mass is 291 g/mol. The summed E-state index contributed by atoms with van der Waals surface area (Å²) < 4.78 is 49.2. The second-order valence-electron chi connectivity index (χ2n) is 5.16. The Kier molecular flexibility index (Phi) is 4.68. The van der Waals surface area contributed by atoms with Crippen LogP contribution in [0.1, 0.15) is 19.4 Å². The molecular weight excluding hydrogens is 272 g/mol. The first-order valence-electron chi connectivity index (χ1n) is 5.90. The summed E-state index contributed by atoms with van der Waals surface area (Å²) in [5.41, 5.74) is 0.163. The summed E-state index contributed by atoms with van der Waals surface area (Å²) in [6, 6.07) is 2.66. The molecule has 0 amide bonds. The zero-order valence-electron chi connectivity index (χ0n) is 11.5. The van der Waals surface area contributed by atoms with E-state index in [0.717, 1.165) is 24.5 Å². The second-order valence-corrected chi connectivity index (χ2v) is 7.75. The van der Waals surface area contributed by atoms with Crippen LogP contribution in [0.3, 0.4) is 0 Å². The lowest BCUT2D eigenvalue weighted by molar-refractivity contribution is 0.424. The van der Waals surface area contributed by atoms with Crippen LogP contribution in [0.2, 0.25) is 0 Å². The third-order valence-electron chi connectivity index (χ3n) is 3.58. The van der Waals surface area contributed by atoms with Gasteiger partial charge < -0.3 is 5.32 Å². The van der Waals surface area contributed by atoms with Crippen LogP contribution in [0.25, 0.3) is 0 Å². The van der Waals surface area contributed by atoms with Crippen LogP contribution in [0.15, 0.2) is 18.2 Å². The number of hydrogen-bond acceptors (Lipinski definition) is 3. The normalized spacial score (nSPS) is 14.4. The van der Waals surface area contributed by atoms with Gasteiger partial charge in [-0.25, -0.2) is 17.2 Å². The summed E-state index contributed by atoms with van der Waals surface area (Å²) in [6.07, 6.45) is 1.24. The van der Waals surface area contributed by atoms with Gasteiger partial charge >= 0.3 is 0 Å². The first-order chi connectivity index (χ1) is 8.59. The molecule has 0 bridgehead atoms. The Morgan fingerprint density at radius 1 is 1.32 bits per heavy atom. The van der Waals surface area contributed by atoms with Crippen LogP contribution < -0.4 is 5.32 Å². The van der Waals surface area contributed by atoms with E-state index in [9.17, 15) is 17.2 Å². The molecule has 0 aliphatic rings. The van der Waals surface area contributed by atoms with Crippen LogP contribution in [-0.2, 0) is 16.3 Å². The van der Waals surface area contributed by atoms with Crippen molar-refractivity contribution in [3.8, 4) is 0 Å². The van der Waals surface area contributed by atoms with Crippen molar-refractivity contribution in [1.82, 2.24) is 5.32 Å².